The summed E-state index contributed by atoms with van der Waals surface area (Å²) in [5.74, 6) is 0. The number of aldehydes is 1. The first-order valence-corrected chi connectivity index (χ1v) is 6.11. The van der Waals surface area contributed by atoms with Gasteiger partial charge in [-0.2, -0.15) is 0 Å². The molecule has 0 radical (unpaired) electrons. The minimum atomic E-state index is -0.0205. The Morgan fingerprint density at radius 2 is 2.38 bits per heavy atom. The van der Waals surface area contributed by atoms with Gasteiger partial charge in [-0.1, -0.05) is 6.42 Å². The van der Waals surface area contributed by atoms with Crippen LogP contribution in [0.3, 0.4) is 0 Å². The molecule has 1 aromatic heterocycles. The van der Waals surface area contributed by atoms with Crippen molar-refractivity contribution in [3.8, 4) is 0 Å². The summed E-state index contributed by atoms with van der Waals surface area (Å²) in [5.41, 5.74) is -0.0205. The molecule has 1 aliphatic carbocycles. The summed E-state index contributed by atoms with van der Waals surface area (Å²) >= 11 is 5.23. The topological polar surface area (TPSA) is 17.1 Å². The van der Waals surface area contributed by atoms with E-state index < -0.39 is 0 Å². The smallest absolute Gasteiger partial charge is 0.126 e. The highest BCUT2D eigenvalue weighted by Gasteiger charge is 2.37. The standard InChI is InChI=1S/C10H11BrOS/c11-8-2-5-13-9(8)6-10(7-12)3-1-4-10/h2,5,7H,1,3-4,6H2. The van der Waals surface area contributed by atoms with E-state index in [0.29, 0.717) is 0 Å². The normalized spacial score (nSPS) is 19.5. The predicted octanol–water partition coefficient (Wildman–Crippen LogP) is 3.42. The Labute approximate surface area is 90.3 Å². The average Bonchev–Trinajstić information content (AvgIpc) is 2.44. The van der Waals surface area contributed by atoms with E-state index in [2.05, 4.69) is 27.4 Å². The number of hydrogen-bond acceptors (Lipinski definition) is 2. The number of hydrogen-bond donors (Lipinski definition) is 0. The zero-order valence-corrected chi connectivity index (χ0v) is 9.66. The largest absolute Gasteiger partial charge is 0.303 e. The van der Waals surface area contributed by atoms with Crippen molar-refractivity contribution >= 4 is 33.6 Å². The van der Waals surface area contributed by atoms with Crippen LogP contribution in [0.1, 0.15) is 24.1 Å². The molecule has 1 aromatic rings. The SMILES string of the molecule is O=CC1(Cc2sccc2Br)CCC1. The maximum Gasteiger partial charge on any atom is 0.126 e. The molecule has 0 atom stereocenters. The molecule has 0 N–H and O–H groups in total. The summed E-state index contributed by atoms with van der Waals surface area (Å²) in [6.07, 6.45) is 5.43. The third kappa shape index (κ3) is 1.72. The van der Waals surface area contributed by atoms with Crippen molar-refractivity contribution in [3.63, 3.8) is 0 Å². The van der Waals surface area contributed by atoms with Crippen LogP contribution in [0.25, 0.3) is 0 Å². The van der Waals surface area contributed by atoms with Crippen LogP contribution in [0.15, 0.2) is 15.9 Å². The van der Waals surface area contributed by atoms with Crippen molar-refractivity contribution in [2.24, 2.45) is 5.41 Å². The summed E-state index contributed by atoms with van der Waals surface area (Å²) in [6.45, 7) is 0. The van der Waals surface area contributed by atoms with Gasteiger partial charge in [-0.3, -0.25) is 0 Å². The van der Waals surface area contributed by atoms with Gasteiger partial charge in [-0.15, -0.1) is 11.3 Å². The Bertz CT molecular complexity index is 314. The van der Waals surface area contributed by atoms with E-state index in [0.717, 1.165) is 30.0 Å². The molecule has 1 nitrogen and oxygen atoms in total. The molecule has 1 fully saturated rings. The summed E-state index contributed by atoms with van der Waals surface area (Å²) in [7, 11) is 0. The van der Waals surface area contributed by atoms with Crippen molar-refractivity contribution in [2.45, 2.75) is 25.7 Å². The van der Waals surface area contributed by atoms with Gasteiger partial charge in [0.05, 0.1) is 0 Å². The van der Waals surface area contributed by atoms with Crippen molar-refractivity contribution in [3.05, 3.63) is 20.8 Å². The molecule has 0 aromatic carbocycles. The van der Waals surface area contributed by atoms with Gasteiger partial charge in [0.15, 0.2) is 0 Å². The van der Waals surface area contributed by atoms with E-state index in [1.807, 2.05) is 0 Å². The first-order chi connectivity index (χ1) is 6.26. The van der Waals surface area contributed by atoms with Crippen LogP contribution < -0.4 is 0 Å². The van der Waals surface area contributed by atoms with Gasteiger partial charge in [-0.25, -0.2) is 0 Å². The second-order valence-corrected chi connectivity index (χ2v) is 5.56. The minimum Gasteiger partial charge on any atom is -0.303 e. The number of carbonyl (C=O) groups excluding carboxylic acids is 1. The second kappa shape index (κ2) is 3.54. The maximum atomic E-state index is 10.9. The van der Waals surface area contributed by atoms with E-state index in [4.69, 9.17) is 0 Å². The minimum absolute atomic E-state index is 0.0205. The summed E-state index contributed by atoms with van der Waals surface area (Å²) in [5, 5.41) is 2.07. The van der Waals surface area contributed by atoms with Crippen LogP contribution >= 0.6 is 27.3 Å². The molecule has 2 rings (SSSR count). The molecule has 13 heavy (non-hydrogen) atoms. The summed E-state index contributed by atoms with van der Waals surface area (Å²) in [6, 6.07) is 2.05. The van der Waals surface area contributed by atoms with Crippen molar-refractivity contribution < 1.29 is 4.79 Å². The van der Waals surface area contributed by atoms with Crippen LogP contribution in [0.5, 0.6) is 0 Å². The van der Waals surface area contributed by atoms with Gasteiger partial charge in [0.2, 0.25) is 0 Å². The molecule has 0 spiro atoms. The molecule has 0 aliphatic heterocycles. The molecule has 1 heterocycles. The fraction of sp³-hybridized carbons (Fsp3) is 0.500. The van der Waals surface area contributed by atoms with Crippen LogP contribution in [0.4, 0.5) is 0 Å². The zero-order chi connectivity index (χ0) is 9.31. The molecular weight excluding hydrogens is 248 g/mol. The van der Waals surface area contributed by atoms with Gasteiger partial charge in [0.1, 0.15) is 6.29 Å². The van der Waals surface area contributed by atoms with Gasteiger partial charge in [0, 0.05) is 14.8 Å². The lowest BCUT2D eigenvalue weighted by Crippen LogP contribution is -2.33. The van der Waals surface area contributed by atoms with Crippen molar-refractivity contribution in [2.75, 3.05) is 0 Å². The Hall–Kier alpha value is -0.150. The Balaban J connectivity index is 2.13. The predicted molar refractivity (Wildman–Crippen MR) is 58.1 cm³/mol. The highest BCUT2D eigenvalue weighted by molar-refractivity contribution is 9.10. The second-order valence-electron chi connectivity index (χ2n) is 3.70. The molecule has 0 saturated heterocycles. The highest BCUT2D eigenvalue weighted by atomic mass is 79.9. The van der Waals surface area contributed by atoms with E-state index >= 15 is 0 Å². The number of rotatable bonds is 3. The summed E-state index contributed by atoms with van der Waals surface area (Å²) < 4.78 is 1.16. The van der Waals surface area contributed by atoms with Crippen LogP contribution in [-0.2, 0) is 11.2 Å². The van der Waals surface area contributed by atoms with E-state index in [9.17, 15) is 4.79 Å². The third-order valence-corrected chi connectivity index (χ3v) is 4.73. The van der Waals surface area contributed by atoms with Gasteiger partial charge >= 0.3 is 0 Å². The van der Waals surface area contributed by atoms with Gasteiger partial charge in [-0.05, 0) is 46.6 Å². The molecule has 0 unspecified atom stereocenters. The number of halogens is 1. The third-order valence-electron chi connectivity index (χ3n) is 2.80. The van der Waals surface area contributed by atoms with E-state index in [-0.39, 0.29) is 5.41 Å². The van der Waals surface area contributed by atoms with Crippen molar-refractivity contribution in [1.82, 2.24) is 0 Å². The maximum absolute atomic E-state index is 10.9. The first-order valence-electron chi connectivity index (χ1n) is 4.44. The fourth-order valence-electron chi connectivity index (χ4n) is 1.74. The molecule has 70 valence electrons. The molecule has 0 amide bonds. The Morgan fingerprint density at radius 1 is 1.62 bits per heavy atom. The fourth-order valence-corrected chi connectivity index (χ4v) is 3.39. The monoisotopic (exact) mass is 258 g/mol. The highest BCUT2D eigenvalue weighted by Crippen LogP contribution is 2.43. The molecule has 3 heteroatoms. The van der Waals surface area contributed by atoms with E-state index in [1.54, 1.807) is 11.3 Å². The van der Waals surface area contributed by atoms with Crippen LogP contribution in [0, 0.1) is 5.41 Å². The van der Waals surface area contributed by atoms with Crippen LogP contribution in [-0.4, -0.2) is 6.29 Å². The van der Waals surface area contributed by atoms with Gasteiger partial charge < -0.3 is 4.79 Å². The summed E-state index contributed by atoms with van der Waals surface area (Å²) in [4.78, 5) is 12.2. The lowest BCUT2D eigenvalue weighted by atomic mass is 9.67. The van der Waals surface area contributed by atoms with Gasteiger partial charge in [0.25, 0.3) is 0 Å². The van der Waals surface area contributed by atoms with E-state index in [1.165, 1.54) is 11.3 Å². The Morgan fingerprint density at radius 3 is 2.77 bits per heavy atom. The quantitative estimate of drug-likeness (QED) is 0.760. The molecular formula is C10H11BrOS. The lowest BCUT2D eigenvalue weighted by Gasteiger charge is -2.36. The lowest BCUT2D eigenvalue weighted by molar-refractivity contribution is -0.120. The zero-order valence-electron chi connectivity index (χ0n) is 7.25. The molecule has 1 saturated carbocycles. The Kier molecular flexibility index (Phi) is 2.56. The first kappa shape index (κ1) is 9.41. The molecule has 1 aliphatic rings. The number of carbonyl (C=O) groups is 1. The van der Waals surface area contributed by atoms with Crippen molar-refractivity contribution in [1.29, 1.82) is 0 Å². The molecule has 0 bridgehead atoms. The van der Waals surface area contributed by atoms with Crippen LogP contribution in [0.2, 0.25) is 0 Å². The number of thiophene rings is 1. The average molecular weight is 259 g/mol.